The molecule has 3 atom stereocenters. The molecule has 0 amide bonds. The summed E-state index contributed by atoms with van der Waals surface area (Å²) in [5.41, 5.74) is 11.7. The van der Waals surface area contributed by atoms with Gasteiger partial charge in [-0.25, -0.2) is 15.0 Å². The van der Waals surface area contributed by atoms with E-state index in [-0.39, 0.29) is 196 Å². The number of carboxylic acids is 1. The second-order valence-electron chi connectivity index (χ2n) is 32.5. The van der Waals surface area contributed by atoms with Gasteiger partial charge in [0.15, 0.2) is 17.5 Å². The maximum atomic E-state index is 13.9. The van der Waals surface area contributed by atoms with E-state index in [1.165, 1.54) is 135 Å². The number of benzene rings is 3. The van der Waals surface area contributed by atoms with Crippen molar-refractivity contribution in [3.63, 3.8) is 0 Å². The number of aromatic nitrogens is 6. The number of hydrogen-bond donors (Lipinski definition) is 4. The molecule has 0 radical (unpaired) electrons. The Morgan fingerprint density at radius 1 is 0.462 bits per heavy atom. The summed E-state index contributed by atoms with van der Waals surface area (Å²) in [6.07, 6.45) is 37.3. The molecule has 6 aliphatic heterocycles. The molecular weight excluding hydrogens is 1610 g/mol. The Hall–Kier alpha value is -4.17. The molecule has 5 N–H and O–H groups in total. The van der Waals surface area contributed by atoms with E-state index in [0.717, 1.165) is 156 Å². The van der Waals surface area contributed by atoms with Crippen LogP contribution in [0.1, 0.15) is 233 Å². The zero-order valence-electron chi connectivity index (χ0n) is 70.7. The van der Waals surface area contributed by atoms with Crippen molar-refractivity contribution in [2.45, 2.75) is 268 Å². The summed E-state index contributed by atoms with van der Waals surface area (Å²) < 4.78 is 15.7. The molecular formula is C87H132BrK2N15O12. The number of para-hydroxylation sites is 6. The number of likely N-dealkylation sites (tertiary alicyclic amines) is 3. The van der Waals surface area contributed by atoms with Crippen LogP contribution in [-0.4, -0.2) is 219 Å². The molecule has 9 heterocycles. The minimum atomic E-state index is -0.861. The van der Waals surface area contributed by atoms with Crippen molar-refractivity contribution in [3.8, 4) is 0 Å². The van der Waals surface area contributed by atoms with Crippen LogP contribution in [0.2, 0.25) is 0 Å². The van der Waals surface area contributed by atoms with Crippen LogP contribution in [0.5, 0.6) is 0 Å². The minimum absolute atomic E-state index is 0. The molecule has 0 bridgehead atoms. The molecule has 3 saturated carbocycles. The number of hydrogen-bond acceptors (Lipinski definition) is 23. The molecule has 9 aliphatic rings. The van der Waals surface area contributed by atoms with Gasteiger partial charge in [-0.1, -0.05) is 156 Å². The number of rotatable bonds is 19. The summed E-state index contributed by atoms with van der Waals surface area (Å²) in [5.74, 6) is 0.335. The number of esters is 2. The van der Waals surface area contributed by atoms with E-state index in [1.807, 2.05) is 87.7 Å². The van der Waals surface area contributed by atoms with E-state index in [4.69, 9.17) is 40.6 Å². The number of ether oxygens (including phenoxy) is 2. The number of halogens is 1. The van der Waals surface area contributed by atoms with Crippen molar-refractivity contribution in [2.75, 3.05) is 125 Å². The average molecular weight is 1740 g/mol. The van der Waals surface area contributed by atoms with Gasteiger partial charge >= 0.3 is 121 Å². The Bertz CT molecular complexity index is 4200. The third kappa shape index (κ3) is 28.2. The molecule has 636 valence electrons. The monoisotopic (exact) mass is 1740 g/mol. The van der Waals surface area contributed by atoms with Crippen LogP contribution < -0.4 is 156 Å². The first-order chi connectivity index (χ1) is 55.7. The van der Waals surface area contributed by atoms with Gasteiger partial charge in [-0.3, -0.25) is 33.6 Å². The fraction of sp³-hybridized carbons (Fsp3) is 0.678. The van der Waals surface area contributed by atoms with Crippen LogP contribution in [0.25, 0.3) is 33.1 Å². The molecule has 0 unspecified atom stereocenters. The predicted octanol–water partition coefficient (Wildman–Crippen LogP) is 5.10. The van der Waals surface area contributed by atoms with Crippen molar-refractivity contribution in [3.05, 3.63) is 104 Å². The molecule has 3 aromatic heterocycles. The number of nitrogens with two attached hydrogens (primary N) is 1. The first-order valence-electron chi connectivity index (χ1n) is 43.2. The topological polar surface area (TPSA) is 313 Å². The zero-order valence-corrected chi connectivity index (χ0v) is 77.5. The fourth-order valence-electron chi connectivity index (χ4n) is 19.1. The summed E-state index contributed by atoms with van der Waals surface area (Å²) in [6, 6.07) is 27.3. The van der Waals surface area contributed by atoms with Crippen molar-refractivity contribution in [1.29, 1.82) is 0 Å². The van der Waals surface area contributed by atoms with Gasteiger partial charge in [-0.05, 0) is 147 Å². The number of fused-ring (bicyclic) bond motifs is 3. The Morgan fingerprint density at radius 3 is 1.05 bits per heavy atom. The molecule has 30 heteroatoms. The number of carbonyl (C=O) groups is 4. The minimum Gasteiger partial charge on any atom is -1.00 e. The summed E-state index contributed by atoms with van der Waals surface area (Å²) in [4.78, 5) is 114. The van der Waals surface area contributed by atoms with Gasteiger partial charge in [0, 0.05) is 133 Å². The van der Waals surface area contributed by atoms with Crippen LogP contribution >= 0.6 is 15.9 Å². The Balaban J connectivity index is 0.000000226. The van der Waals surface area contributed by atoms with E-state index in [1.54, 1.807) is 6.92 Å². The first kappa shape index (κ1) is 98.3. The number of carbonyl (C=O) groups excluding carboxylic acids is 3. The van der Waals surface area contributed by atoms with Gasteiger partial charge in [-0.15, -0.1) is 0 Å². The Labute approximate surface area is 787 Å². The van der Waals surface area contributed by atoms with Crippen LogP contribution in [0.4, 0.5) is 17.5 Å². The van der Waals surface area contributed by atoms with Gasteiger partial charge in [0.2, 0.25) is 0 Å². The second-order valence-corrected chi connectivity index (χ2v) is 33.1. The maximum Gasteiger partial charge on any atom is 1.00 e. The molecule has 27 nitrogen and oxygen atoms in total. The Kier molecular flexibility index (Phi) is 43.5. The van der Waals surface area contributed by atoms with Crippen molar-refractivity contribution in [2.24, 2.45) is 5.73 Å². The van der Waals surface area contributed by atoms with Crippen LogP contribution in [0.15, 0.2) is 87.2 Å². The molecule has 3 aliphatic carbocycles. The van der Waals surface area contributed by atoms with Gasteiger partial charge in [0.1, 0.15) is 5.33 Å². The molecule has 0 spiro atoms. The molecule has 117 heavy (non-hydrogen) atoms. The van der Waals surface area contributed by atoms with E-state index in [9.17, 15) is 28.8 Å². The second kappa shape index (κ2) is 51.8. The van der Waals surface area contributed by atoms with E-state index < -0.39 is 5.97 Å². The number of aliphatic carboxylic acids is 1. The van der Waals surface area contributed by atoms with Crippen LogP contribution in [0, 0.1) is 0 Å². The summed E-state index contributed by atoms with van der Waals surface area (Å²) in [5, 5.41) is 24.1. The van der Waals surface area contributed by atoms with Crippen molar-refractivity contribution in [1.82, 2.24) is 54.0 Å². The van der Waals surface area contributed by atoms with Gasteiger partial charge < -0.3 is 85.6 Å². The third-order valence-corrected chi connectivity index (χ3v) is 25.5. The van der Waals surface area contributed by atoms with Gasteiger partial charge in [0.05, 0.1) is 59.4 Å². The molecule has 6 saturated heterocycles. The number of nitrogens with one attached hydrogen (secondary N) is 2. The fourth-order valence-corrected chi connectivity index (χ4v) is 19.3. The smallest absolute Gasteiger partial charge is 1.00 e. The summed E-state index contributed by atoms with van der Waals surface area (Å²) >= 11 is 2.94. The van der Waals surface area contributed by atoms with Crippen molar-refractivity contribution < 1.29 is 148 Å². The van der Waals surface area contributed by atoms with Gasteiger partial charge in [0.25, 0.3) is 23.2 Å². The van der Waals surface area contributed by atoms with E-state index >= 15 is 0 Å². The number of piperidine rings is 3. The molecule has 15 rings (SSSR count). The SMILES string of the molecule is C.CCOC(=O)CBr.CCOC(=O)CN[C@H]1CCN(c2nc3ccccc3n(C3CCN(C4CCCCCCC4)CC3)c2=O)C1.N[C@H]1CCN(c2nc3ccccc3n(C3CCN(C4CCCCCCC4)CC3)c2=O)C1.O=C(O)CN[C@H]1CCN(c2nc3ccccc3n(C3CCN(C4CCCCCCC4)CC3)c2=O)C1.O=CO[O-].[H-].[K+].[K+]. The third-order valence-electron chi connectivity index (χ3n) is 25.0. The zero-order chi connectivity index (χ0) is 80.1. The molecule has 3 aromatic carbocycles. The van der Waals surface area contributed by atoms with Crippen molar-refractivity contribution >= 4 is 90.9 Å². The quantitative estimate of drug-likeness (QED) is 0.0205. The summed E-state index contributed by atoms with van der Waals surface area (Å²) in [6.45, 7) is 15.1. The van der Waals surface area contributed by atoms with E-state index in [2.05, 4.69) is 71.3 Å². The number of carboxylic acid groups (broad SMARTS) is 1. The first-order valence-corrected chi connectivity index (χ1v) is 44.3. The largest absolute Gasteiger partial charge is 1.00 e. The predicted molar refractivity (Wildman–Crippen MR) is 458 cm³/mol. The van der Waals surface area contributed by atoms with E-state index in [0.29, 0.717) is 67.7 Å². The molecule has 9 fully saturated rings. The average Bonchev–Trinajstić information content (AvgIpc) is 1.24. The Morgan fingerprint density at radius 2 is 0.761 bits per heavy atom. The summed E-state index contributed by atoms with van der Waals surface area (Å²) in [7, 11) is 0. The maximum absolute atomic E-state index is 13.9. The number of nitrogens with zero attached hydrogens (tertiary/aromatic N) is 12. The van der Waals surface area contributed by atoms with Crippen LogP contribution in [-0.2, 0) is 33.5 Å². The molecule has 6 aromatic rings. The normalized spacial score (nSPS) is 21.5. The number of alkyl halides is 1. The van der Waals surface area contributed by atoms with Gasteiger partial charge in [-0.2, -0.15) is 0 Å². The number of anilines is 3. The standard InChI is InChI=1S/C29H43N5O3.C27H39N5O3.C25H37N5O.C4H7BrO2.CH2O3.CH4.2K.H/c1-2-37-27(35)20-30-22-14-17-33(21-22)28-29(36)34(26-13-9-8-12-25(26)31-28)24-15-18-32(19-16-24)23-10-6-4-3-5-7-11-23;33-25(34)18-28-20-12-15-31(19-20)26-27(35)32(24-11-7-6-10-23(24)29-26)22-13-16-30(17-14-22)21-8-4-2-1-3-5-9-21;26-19-12-15-29(18-19)24-25(31)30(23-11-7-6-10-22(23)27-24)21-13-16-28(17-14-21)20-8-4-2-1-3-5-9-20;1-2-7-4(6)3-5;2-1-4-3;;;;/h8-9,12-13,22-24,30H,2-7,10-11,14-21H2,1H3;6-7,10-11,20-22,28H,1-5,8-9,12-19H2,(H,33,34);6-7,10-11,19-21H,1-5,8-9,12-18,26H2;2-3H2,1H3;1,3H;1H4;;;/q;;;;;;2*+1;-1/p-1/t22-;20-;19-;;;;;;/m000....../s1. The van der Waals surface area contributed by atoms with Crippen LogP contribution in [0.3, 0.4) is 0 Å².